The molecule has 0 spiro atoms. The summed E-state index contributed by atoms with van der Waals surface area (Å²) < 4.78 is 12.3. The molecule has 0 bridgehead atoms. The van der Waals surface area contributed by atoms with Crippen LogP contribution in [0.2, 0.25) is 0 Å². The van der Waals surface area contributed by atoms with Gasteiger partial charge in [0.05, 0.1) is 26.8 Å². The third-order valence-corrected chi connectivity index (χ3v) is 8.48. The van der Waals surface area contributed by atoms with Crippen LogP contribution in [0, 0.1) is 0 Å². The Kier molecular flexibility index (Phi) is 34.2. The van der Waals surface area contributed by atoms with Crippen LogP contribution < -0.4 is 17.0 Å². The second kappa shape index (κ2) is 32.2. The molecule has 244 valence electrons. The molecule has 0 saturated heterocycles. The summed E-state index contributed by atoms with van der Waals surface area (Å²) >= 11 is 0. The van der Waals surface area contributed by atoms with Crippen LogP contribution in [0.1, 0.15) is 181 Å². The fourth-order valence-electron chi connectivity index (χ4n) is 5.28. The molecule has 0 aliphatic heterocycles. The Morgan fingerprint density at radius 2 is 0.850 bits per heavy atom. The van der Waals surface area contributed by atoms with E-state index < -0.39 is 0 Å². The van der Waals surface area contributed by atoms with Crippen LogP contribution >= 0.6 is 0 Å². The van der Waals surface area contributed by atoms with Gasteiger partial charge in [0.25, 0.3) is 0 Å². The molecule has 0 heterocycles. The van der Waals surface area contributed by atoms with Gasteiger partial charge in [0.2, 0.25) is 0 Å². The number of hydrogen-bond donors (Lipinski definition) is 1. The zero-order valence-electron chi connectivity index (χ0n) is 28.0. The van der Waals surface area contributed by atoms with Crippen molar-refractivity contribution < 1.29 is 36.3 Å². The normalized spacial score (nSPS) is 13.3. The van der Waals surface area contributed by atoms with Gasteiger partial charge in [-0.2, -0.15) is 4.65 Å². The number of hydroxylamine groups is 3. The van der Waals surface area contributed by atoms with E-state index in [0.717, 1.165) is 32.5 Å². The van der Waals surface area contributed by atoms with E-state index in [1.54, 1.807) is 0 Å². The molecule has 0 aromatic heterocycles. The zero-order chi connectivity index (χ0) is 28.9. The summed E-state index contributed by atoms with van der Waals surface area (Å²) in [6, 6.07) is 0.132. The lowest BCUT2D eigenvalue weighted by Crippen LogP contribution is -3.00. The van der Waals surface area contributed by atoms with Crippen molar-refractivity contribution in [2.75, 3.05) is 33.9 Å². The number of quaternary nitrogens is 1. The van der Waals surface area contributed by atoms with Gasteiger partial charge >= 0.3 is 0 Å². The molecular weight excluding hydrogens is 562 g/mol. The number of unbranched alkanes of at least 4 members (excludes halogenated alkanes) is 22. The summed E-state index contributed by atoms with van der Waals surface area (Å²) in [5, 5.41) is 10.4. The Labute approximate surface area is 263 Å². The highest BCUT2D eigenvalue weighted by atomic mass is 79.9. The molecular formula is C35H74BrNO3. The summed E-state index contributed by atoms with van der Waals surface area (Å²) in [6.45, 7) is 8.98. The minimum absolute atomic E-state index is 0. The SMILES string of the molecule is CCCCCCCCCCCCCCOCC(CC(C)[N+](C)(C)O)OCCCCCCCCCCCCCC.[Br-]. The minimum atomic E-state index is -0.0167. The van der Waals surface area contributed by atoms with Gasteiger partial charge < -0.3 is 26.5 Å². The van der Waals surface area contributed by atoms with Crippen molar-refractivity contribution in [1.82, 2.24) is 0 Å². The standard InChI is InChI=1S/C35H74NO3.BrH/c1-6-8-10-12-14-16-18-20-22-24-26-28-30-38-33-35(32-34(3)36(4,5)37)39-31-29-27-25-23-21-19-17-15-13-11-9-7-2;/h34-35,37H,6-33H2,1-5H3;1H/q+1;/p-1. The lowest BCUT2D eigenvalue weighted by molar-refractivity contribution is -1.09. The van der Waals surface area contributed by atoms with Crippen molar-refractivity contribution in [3.8, 4) is 0 Å². The molecule has 2 unspecified atom stereocenters. The van der Waals surface area contributed by atoms with E-state index in [4.69, 9.17) is 9.47 Å². The quantitative estimate of drug-likeness (QED) is 0.0462. The van der Waals surface area contributed by atoms with Crippen molar-refractivity contribution in [2.45, 2.75) is 193 Å². The topological polar surface area (TPSA) is 38.7 Å². The predicted octanol–water partition coefficient (Wildman–Crippen LogP) is 8.04. The Morgan fingerprint density at radius 1 is 0.525 bits per heavy atom. The largest absolute Gasteiger partial charge is 1.00 e. The van der Waals surface area contributed by atoms with Crippen LogP contribution in [0.5, 0.6) is 0 Å². The first-order valence-electron chi connectivity index (χ1n) is 17.7. The van der Waals surface area contributed by atoms with Crippen molar-refractivity contribution >= 4 is 0 Å². The number of rotatable bonds is 32. The predicted molar refractivity (Wildman–Crippen MR) is 171 cm³/mol. The molecule has 0 radical (unpaired) electrons. The van der Waals surface area contributed by atoms with Gasteiger partial charge in [-0.3, -0.25) is 0 Å². The molecule has 0 rings (SSSR count). The summed E-state index contributed by atoms with van der Waals surface area (Å²) in [5.41, 5.74) is 0. The Hall–Kier alpha value is 0.320. The fourth-order valence-corrected chi connectivity index (χ4v) is 5.28. The van der Waals surface area contributed by atoms with E-state index in [2.05, 4.69) is 20.8 Å². The Morgan fingerprint density at radius 3 is 1.20 bits per heavy atom. The van der Waals surface area contributed by atoms with Gasteiger partial charge in [0.15, 0.2) is 0 Å². The van der Waals surface area contributed by atoms with Gasteiger partial charge in [-0.05, 0) is 19.8 Å². The molecule has 5 heteroatoms. The molecule has 2 atom stereocenters. The highest BCUT2D eigenvalue weighted by Crippen LogP contribution is 2.16. The van der Waals surface area contributed by atoms with Crippen molar-refractivity contribution in [1.29, 1.82) is 0 Å². The van der Waals surface area contributed by atoms with Crippen LogP contribution in [0.3, 0.4) is 0 Å². The van der Waals surface area contributed by atoms with Crippen molar-refractivity contribution in [2.24, 2.45) is 0 Å². The summed E-state index contributed by atoms with van der Waals surface area (Å²) in [7, 11) is 3.69. The average Bonchev–Trinajstić information content (AvgIpc) is 2.90. The highest BCUT2D eigenvalue weighted by molar-refractivity contribution is 4.63. The lowest BCUT2D eigenvalue weighted by atomic mass is 10.1. The van der Waals surface area contributed by atoms with Crippen molar-refractivity contribution in [3.05, 3.63) is 0 Å². The molecule has 0 aromatic carbocycles. The first-order valence-corrected chi connectivity index (χ1v) is 17.7. The van der Waals surface area contributed by atoms with E-state index in [9.17, 15) is 5.21 Å². The molecule has 0 aliphatic rings. The molecule has 4 nitrogen and oxygen atoms in total. The summed E-state index contributed by atoms with van der Waals surface area (Å²) in [4.78, 5) is 0. The van der Waals surface area contributed by atoms with E-state index in [1.165, 1.54) is 141 Å². The second-order valence-corrected chi connectivity index (χ2v) is 12.9. The zero-order valence-corrected chi connectivity index (χ0v) is 29.6. The van der Waals surface area contributed by atoms with E-state index >= 15 is 0 Å². The maximum Gasteiger partial charge on any atom is 0.118 e. The Balaban J connectivity index is 0. The minimum Gasteiger partial charge on any atom is -1.00 e. The van der Waals surface area contributed by atoms with Gasteiger partial charge in [-0.15, -0.1) is 0 Å². The number of halogens is 1. The van der Waals surface area contributed by atoms with Gasteiger partial charge in [-0.25, -0.2) is 5.21 Å². The molecule has 1 N–H and O–H groups in total. The van der Waals surface area contributed by atoms with Crippen LogP contribution in [-0.2, 0) is 9.47 Å². The van der Waals surface area contributed by atoms with Crippen molar-refractivity contribution in [3.63, 3.8) is 0 Å². The number of nitrogens with zero attached hydrogens (tertiary/aromatic N) is 1. The molecule has 0 fully saturated rings. The molecule has 0 aromatic rings. The van der Waals surface area contributed by atoms with E-state index in [-0.39, 0.29) is 33.8 Å². The Bertz CT molecular complexity index is 472. The molecule has 0 amide bonds. The lowest BCUT2D eigenvalue weighted by Gasteiger charge is -2.30. The fraction of sp³-hybridized carbons (Fsp3) is 1.00. The van der Waals surface area contributed by atoms with E-state index in [0.29, 0.717) is 6.61 Å². The van der Waals surface area contributed by atoms with E-state index in [1.807, 2.05) is 14.1 Å². The van der Waals surface area contributed by atoms with Gasteiger partial charge in [0, 0.05) is 19.6 Å². The first-order chi connectivity index (χ1) is 18.9. The first kappa shape index (κ1) is 42.5. The van der Waals surface area contributed by atoms with Crippen LogP contribution in [0.25, 0.3) is 0 Å². The molecule has 40 heavy (non-hydrogen) atoms. The van der Waals surface area contributed by atoms with Gasteiger partial charge in [-0.1, -0.05) is 155 Å². The summed E-state index contributed by atoms with van der Waals surface area (Å²) in [6.07, 6.45) is 33.7. The maximum atomic E-state index is 10.4. The highest BCUT2D eigenvalue weighted by Gasteiger charge is 2.26. The summed E-state index contributed by atoms with van der Waals surface area (Å²) in [5.74, 6) is 0. The van der Waals surface area contributed by atoms with Gasteiger partial charge in [0.1, 0.15) is 6.04 Å². The molecule has 0 saturated carbocycles. The molecule has 0 aliphatic carbocycles. The third-order valence-electron chi connectivity index (χ3n) is 8.48. The third kappa shape index (κ3) is 31.3. The van der Waals surface area contributed by atoms with Crippen LogP contribution in [0.4, 0.5) is 0 Å². The maximum absolute atomic E-state index is 10.4. The monoisotopic (exact) mass is 635 g/mol. The average molecular weight is 637 g/mol. The van der Waals surface area contributed by atoms with Crippen LogP contribution in [0.15, 0.2) is 0 Å². The smallest absolute Gasteiger partial charge is 0.118 e. The second-order valence-electron chi connectivity index (χ2n) is 12.9. The number of hydrogen-bond acceptors (Lipinski definition) is 3. The van der Waals surface area contributed by atoms with Crippen LogP contribution in [-0.4, -0.2) is 55.9 Å². The number of ether oxygens (including phenoxy) is 2.